The van der Waals surface area contributed by atoms with Gasteiger partial charge in [-0.3, -0.25) is 4.79 Å². The molecule has 2 aliphatic rings. The maximum Gasteiger partial charge on any atom is 0.255 e. The Morgan fingerprint density at radius 1 is 1.17 bits per heavy atom. The van der Waals surface area contributed by atoms with Gasteiger partial charge in [0.25, 0.3) is 5.91 Å². The first-order valence-corrected chi connectivity index (χ1v) is 12.5. The maximum atomic E-state index is 12.9. The Balaban J connectivity index is 1.26. The molecule has 0 spiro atoms. The first-order chi connectivity index (χ1) is 16.9. The van der Waals surface area contributed by atoms with E-state index in [0.29, 0.717) is 11.5 Å². The van der Waals surface area contributed by atoms with Crippen molar-refractivity contribution < 1.29 is 14.6 Å². The van der Waals surface area contributed by atoms with Crippen LogP contribution in [-0.2, 0) is 18.3 Å². The zero-order valence-corrected chi connectivity index (χ0v) is 20.5. The number of benzene rings is 2. The molecule has 0 atom stereocenters. The van der Waals surface area contributed by atoms with E-state index in [1.54, 1.807) is 12.1 Å². The fourth-order valence-corrected chi connectivity index (χ4v) is 4.69. The SMILES string of the molecule is Cc1c(NC(=O)c2ccc(C#CC3(O)CC3)cc2)ccc2cc(CNCC3CCOCC3)n(C)c12. The van der Waals surface area contributed by atoms with Gasteiger partial charge in [0, 0.05) is 54.7 Å². The molecule has 2 aromatic carbocycles. The molecular weight excluding hydrogens is 438 g/mol. The highest BCUT2D eigenvalue weighted by molar-refractivity contribution is 6.06. The zero-order chi connectivity index (χ0) is 24.4. The molecule has 0 radical (unpaired) electrons. The Kier molecular flexibility index (Phi) is 6.66. The lowest BCUT2D eigenvalue weighted by Gasteiger charge is -2.22. The Morgan fingerprint density at radius 3 is 2.63 bits per heavy atom. The fraction of sp³-hybridized carbons (Fsp3) is 0.414. The van der Waals surface area contributed by atoms with Crippen molar-refractivity contribution >= 4 is 22.5 Å². The number of fused-ring (bicyclic) bond motifs is 1. The normalized spacial score (nSPS) is 17.1. The molecule has 35 heavy (non-hydrogen) atoms. The molecule has 1 aliphatic heterocycles. The first-order valence-electron chi connectivity index (χ1n) is 12.5. The lowest BCUT2D eigenvalue weighted by atomic mass is 10.0. The van der Waals surface area contributed by atoms with Gasteiger partial charge in [0.15, 0.2) is 0 Å². The largest absolute Gasteiger partial charge is 0.381 e. The summed E-state index contributed by atoms with van der Waals surface area (Å²) in [4.78, 5) is 12.9. The van der Waals surface area contributed by atoms with Crippen LogP contribution in [0.2, 0.25) is 0 Å². The number of aliphatic hydroxyl groups is 1. The molecular formula is C29H33N3O3. The number of hydrogen-bond acceptors (Lipinski definition) is 4. The molecule has 6 nitrogen and oxygen atoms in total. The third-order valence-electron chi connectivity index (χ3n) is 7.19. The molecule has 0 unspecified atom stereocenters. The predicted octanol–water partition coefficient (Wildman–Crippen LogP) is 4.13. The van der Waals surface area contributed by atoms with E-state index >= 15 is 0 Å². The number of carbonyl (C=O) groups is 1. The average molecular weight is 472 g/mol. The number of ether oxygens (including phenoxy) is 1. The summed E-state index contributed by atoms with van der Waals surface area (Å²) in [6.45, 7) is 5.62. The zero-order valence-electron chi connectivity index (χ0n) is 20.5. The number of aromatic nitrogens is 1. The lowest BCUT2D eigenvalue weighted by Crippen LogP contribution is -2.27. The van der Waals surface area contributed by atoms with E-state index < -0.39 is 5.60 Å². The van der Waals surface area contributed by atoms with Crippen LogP contribution in [0.5, 0.6) is 0 Å². The van der Waals surface area contributed by atoms with E-state index in [9.17, 15) is 9.90 Å². The maximum absolute atomic E-state index is 12.9. The van der Waals surface area contributed by atoms with Gasteiger partial charge in [-0.2, -0.15) is 0 Å². The van der Waals surface area contributed by atoms with Crippen LogP contribution in [0.3, 0.4) is 0 Å². The van der Waals surface area contributed by atoms with Crippen molar-refractivity contribution in [2.45, 2.75) is 44.8 Å². The molecule has 182 valence electrons. The third kappa shape index (κ3) is 5.43. The summed E-state index contributed by atoms with van der Waals surface area (Å²) in [5, 5.41) is 17.7. The van der Waals surface area contributed by atoms with Gasteiger partial charge in [-0.25, -0.2) is 0 Å². The van der Waals surface area contributed by atoms with Crippen LogP contribution in [0.4, 0.5) is 5.69 Å². The van der Waals surface area contributed by atoms with Gasteiger partial charge in [0.05, 0.1) is 5.52 Å². The molecule has 5 rings (SSSR count). The second-order valence-electron chi connectivity index (χ2n) is 9.87. The van der Waals surface area contributed by atoms with Crippen LogP contribution in [-0.4, -0.2) is 40.9 Å². The number of amides is 1. The molecule has 3 aromatic rings. The third-order valence-corrected chi connectivity index (χ3v) is 7.19. The van der Waals surface area contributed by atoms with Crippen molar-refractivity contribution in [2.75, 3.05) is 25.1 Å². The molecule has 1 aromatic heterocycles. The van der Waals surface area contributed by atoms with Crippen LogP contribution in [0, 0.1) is 24.7 Å². The van der Waals surface area contributed by atoms with Gasteiger partial charge in [-0.05, 0) is 87.0 Å². The molecule has 1 amide bonds. The van der Waals surface area contributed by atoms with Crippen LogP contribution in [0.1, 0.15) is 52.9 Å². The van der Waals surface area contributed by atoms with Crippen molar-refractivity contribution in [1.29, 1.82) is 0 Å². The number of carbonyl (C=O) groups excluding carboxylic acids is 1. The average Bonchev–Trinajstić information content (AvgIpc) is 3.52. The summed E-state index contributed by atoms with van der Waals surface area (Å²) >= 11 is 0. The fourth-order valence-electron chi connectivity index (χ4n) is 4.69. The topological polar surface area (TPSA) is 75.5 Å². The molecule has 2 fully saturated rings. The molecule has 2 heterocycles. The van der Waals surface area contributed by atoms with Crippen molar-refractivity contribution in [2.24, 2.45) is 13.0 Å². The molecule has 1 saturated heterocycles. The molecule has 6 heteroatoms. The Morgan fingerprint density at radius 2 is 1.91 bits per heavy atom. The summed E-state index contributed by atoms with van der Waals surface area (Å²) in [6, 6.07) is 13.5. The van der Waals surface area contributed by atoms with E-state index in [4.69, 9.17) is 4.74 Å². The minimum atomic E-state index is -0.802. The quantitative estimate of drug-likeness (QED) is 0.473. The van der Waals surface area contributed by atoms with Gasteiger partial charge in [0.2, 0.25) is 0 Å². The lowest BCUT2D eigenvalue weighted by molar-refractivity contribution is 0.0662. The van der Waals surface area contributed by atoms with Crippen LogP contribution < -0.4 is 10.6 Å². The van der Waals surface area contributed by atoms with Crippen molar-refractivity contribution in [3.8, 4) is 11.8 Å². The first kappa shape index (κ1) is 23.6. The second kappa shape index (κ2) is 9.87. The van der Waals surface area contributed by atoms with Crippen LogP contribution in [0.25, 0.3) is 10.9 Å². The highest BCUT2D eigenvalue weighted by Crippen LogP contribution is 2.34. The monoisotopic (exact) mass is 471 g/mol. The van der Waals surface area contributed by atoms with Crippen LogP contribution >= 0.6 is 0 Å². The van der Waals surface area contributed by atoms with Gasteiger partial charge < -0.3 is 25.0 Å². The minimum Gasteiger partial charge on any atom is -0.381 e. The highest BCUT2D eigenvalue weighted by atomic mass is 16.5. The Labute approximate surface area is 206 Å². The number of rotatable bonds is 6. The van der Waals surface area contributed by atoms with E-state index in [-0.39, 0.29) is 5.91 Å². The number of anilines is 1. The summed E-state index contributed by atoms with van der Waals surface area (Å²) in [7, 11) is 2.09. The number of hydrogen-bond donors (Lipinski definition) is 3. The van der Waals surface area contributed by atoms with E-state index in [1.165, 1.54) is 11.1 Å². The Hall–Kier alpha value is -3.11. The summed E-state index contributed by atoms with van der Waals surface area (Å²) in [6.07, 6.45) is 3.73. The molecule has 3 N–H and O–H groups in total. The predicted molar refractivity (Wildman–Crippen MR) is 138 cm³/mol. The second-order valence-corrected chi connectivity index (χ2v) is 9.87. The smallest absolute Gasteiger partial charge is 0.255 e. The Bertz CT molecular complexity index is 1290. The molecule has 0 bridgehead atoms. The van der Waals surface area contributed by atoms with Crippen LogP contribution in [0.15, 0.2) is 42.5 Å². The van der Waals surface area contributed by atoms with Crippen molar-refractivity contribution in [3.63, 3.8) is 0 Å². The van der Waals surface area contributed by atoms with Gasteiger partial charge in [0.1, 0.15) is 5.60 Å². The summed E-state index contributed by atoms with van der Waals surface area (Å²) in [5.74, 6) is 6.42. The van der Waals surface area contributed by atoms with E-state index in [0.717, 1.165) is 74.3 Å². The number of nitrogens with one attached hydrogen (secondary N) is 2. The van der Waals surface area contributed by atoms with Gasteiger partial charge in [-0.1, -0.05) is 17.9 Å². The number of nitrogens with zero attached hydrogens (tertiary/aromatic N) is 1. The van der Waals surface area contributed by atoms with E-state index in [1.807, 2.05) is 18.2 Å². The van der Waals surface area contributed by atoms with Gasteiger partial charge in [-0.15, -0.1) is 0 Å². The molecule has 1 saturated carbocycles. The molecule has 1 aliphatic carbocycles. The van der Waals surface area contributed by atoms with Crippen molar-refractivity contribution in [1.82, 2.24) is 9.88 Å². The minimum absolute atomic E-state index is 0.152. The highest BCUT2D eigenvalue weighted by Gasteiger charge is 2.38. The summed E-state index contributed by atoms with van der Waals surface area (Å²) in [5.41, 5.74) is 4.79. The standard InChI is InChI=1S/C29H33N3O3/c1-20-26(31-28(33)23-5-3-21(4-6-23)9-12-29(34)13-14-29)8-7-24-17-25(32(2)27(20)24)19-30-18-22-10-15-35-16-11-22/h3-8,17,22,30,34H,10-11,13-16,18-19H2,1-2H3,(H,31,33). The van der Waals surface area contributed by atoms with E-state index in [2.05, 4.69) is 53.1 Å². The summed E-state index contributed by atoms with van der Waals surface area (Å²) < 4.78 is 7.68. The van der Waals surface area contributed by atoms with Gasteiger partial charge >= 0.3 is 0 Å². The number of aryl methyl sites for hydroxylation is 2. The van der Waals surface area contributed by atoms with Crippen molar-refractivity contribution in [3.05, 3.63) is 64.8 Å².